The highest BCUT2D eigenvalue weighted by molar-refractivity contribution is 7.92. The summed E-state index contributed by atoms with van der Waals surface area (Å²) >= 11 is 0. The van der Waals surface area contributed by atoms with Gasteiger partial charge in [-0.1, -0.05) is 31.2 Å². The molecule has 0 radical (unpaired) electrons. The van der Waals surface area contributed by atoms with Gasteiger partial charge in [-0.2, -0.15) is 0 Å². The number of rotatable bonds is 9. The number of benzene rings is 2. The molecule has 0 saturated carbocycles. The first-order valence-corrected chi connectivity index (χ1v) is 14.5. The van der Waals surface area contributed by atoms with E-state index in [2.05, 4.69) is 26.8 Å². The van der Waals surface area contributed by atoms with Gasteiger partial charge in [-0.3, -0.25) is 19.4 Å². The van der Waals surface area contributed by atoms with Crippen LogP contribution in [0.25, 0.3) is 10.9 Å². The number of carbonyl (C=O) groups is 2. The first-order valence-electron chi connectivity index (χ1n) is 13.0. The van der Waals surface area contributed by atoms with Gasteiger partial charge in [-0.15, -0.1) is 0 Å². The van der Waals surface area contributed by atoms with E-state index in [0.717, 1.165) is 37.2 Å². The monoisotopic (exact) mass is 559 g/mol. The molecule has 5 rings (SSSR count). The van der Waals surface area contributed by atoms with Crippen LogP contribution in [0.2, 0.25) is 0 Å². The first-order chi connectivity index (χ1) is 19.3. The molecule has 0 aliphatic carbocycles. The molecule has 0 atom stereocenters. The summed E-state index contributed by atoms with van der Waals surface area (Å²) in [7, 11) is -3.85. The fraction of sp³-hybridized carbons (Fsp3) is 0.241. The van der Waals surface area contributed by atoms with Crippen molar-refractivity contribution in [2.75, 3.05) is 29.7 Å². The smallest absolute Gasteiger partial charge is 0.339 e. The van der Waals surface area contributed by atoms with Gasteiger partial charge in [-0.05, 0) is 55.4 Å². The van der Waals surface area contributed by atoms with E-state index in [0.29, 0.717) is 28.7 Å². The Kier molecular flexibility index (Phi) is 8.04. The van der Waals surface area contributed by atoms with Crippen molar-refractivity contribution in [3.05, 3.63) is 89.7 Å². The molecule has 11 heteroatoms. The van der Waals surface area contributed by atoms with E-state index in [1.165, 1.54) is 30.5 Å². The standard InChI is InChI=1S/C29H29N5O5S/c1-2-16-34-17-14-25-23(18-34)28(22-7-3-4-8-24(22)32-25)29(36)39-19-27(35)31-20-10-12-21(13-11-20)40(37,38)33-26-9-5-6-15-30-26/h3-13,15H,2,14,16-19H2,1H3,(H,30,33)(H,31,35). The molecule has 0 spiro atoms. The molecule has 0 saturated heterocycles. The summed E-state index contributed by atoms with van der Waals surface area (Å²) in [5.41, 5.74) is 3.26. The average Bonchev–Trinajstić information content (AvgIpc) is 2.95. The Morgan fingerprint density at radius 2 is 1.80 bits per heavy atom. The van der Waals surface area contributed by atoms with Crippen molar-refractivity contribution in [2.45, 2.75) is 31.2 Å². The number of hydrogen-bond acceptors (Lipinski definition) is 8. The van der Waals surface area contributed by atoms with Crippen LogP contribution in [-0.2, 0) is 32.5 Å². The second kappa shape index (κ2) is 11.8. The maximum atomic E-state index is 13.3. The lowest BCUT2D eigenvalue weighted by atomic mass is 9.95. The molecule has 1 aliphatic rings. The molecule has 4 aromatic rings. The van der Waals surface area contributed by atoms with Crippen molar-refractivity contribution >= 4 is 44.3 Å². The van der Waals surface area contributed by atoms with E-state index < -0.39 is 28.5 Å². The lowest BCUT2D eigenvalue weighted by Crippen LogP contribution is -2.33. The zero-order valence-electron chi connectivity index (χ0n) is 22.0. The topological polar surface area (TPSA) is 131 Å². The minimum absolute atomic E-state index is 0.00837. The van der Waals surface area contributed by atoms with Crippen molar-refractivity contribution < 1.29 is 22.7 Å². The molecule has 10 nitrogen and oxygen atoms in total. The number of hydrogen-bond donors (Lipinski definition) is 2. The highest BCUT2D eigenvalue weighted by Gasteiger charge is 2.27. The van der Waals surface area contributed by atoms with Crippen LogP contribution in [0.5, 0.6) is 0 Å². The van der Waals surface area contributed by atoms with Gasteiger partial charge in [0.25, 0.3) is 15.9 Å². The molecule has 0 unspecified atom stereocenters. The Labute approximate surface area is 232 Å². The average molecular weight is 560 g/mol. The number of carbonyl (C=O) groups excluding carboxylic acids is 2. The number of pyridine rings is 2. The normalized spacial score (nSPS) is 13.4. The van der Waals surface area contributed by atoms with Crippen LogP contribution in [0.4, 0.5) is 11.5 Å². The molecule has 40 heavy (non-hydrogen) atoms. The van der Waals surface area contributed by atoms with Gasteiger partial charge >= 0.3 is 5.97 Å². The minimum atomic E-state index is -3.85. The minimum Gasteiger partial charge on any atom is -0.452 e. The number of nitrogens with one attached hydrogen (secondary N) is 2. The molecule has 0 bridgehead atoms. The molecule has 0 fully saturated rings. The number of aromatic nitrogens is 2. The maximum absolute atomic E-state index is 13.3. The Balaban J connectivity index is 1.26. The quantitative estimate of drug-likeness (QED) is 0.294. The zero-order valence-corrected chi connectivity index (χ0v) is 22.8. The second-order valence-electron chi connectivity index (χ2n) is 9.42. The number of ether oxygens (including phenoxy) is 1. The number of anilines is 2. The summed E-state index contributed by atoms with van der Waals surface area (Å²) in [6.07, 6.45) is 3.23. The van der Waals surface area contributed by atoms with Gasteiger partial charge in [0.05, 0.1) is 16.0 Å². The Hall–Kier alpha value is -4.35. The number of esters is 1. The van der Waals surface area contributed by atoms with E-state index in [1.807, 2.05) is 24.3 Å². The van der Waals surface area contributed by atoms with Crippen LogP contribution in [0.1, 0.15) is 35.0 Å². The highest BCUT2D eigenvalue weighted by atomic mass is 32.2. The molecule has 2 N–H and O–H groups in total. The fourth-order valence-corrected chi connectivity index (χ4v) is 5.73. The van der Waals surface area contributed by atoms with Gasteiger partial charge in [0.2, 0.25) is 0 Å². The first kappa shape index (κ1) is 27.2. The van der Waals surface area contributed by atoms with Gasteiger partial charge < -0.3 is 10.1 Å². The molecule has 206 valence electrons. The number of amides is 1. The van der Waals surface area contributed by atoms with E-state index in [-0.39, 0.29) is 10.7 Å². The predicted octanol–water partition coefficient (Wildman–Crippen LogP) is 3.99. The van der Waals surface area contributed by atoms with E-state index >= 15 is 0 Å². The third-order valence-electron chi connectivity index (χ3n) is 6.56. The lowest BCUT2D eigenvalue weighted by molar-refractivity contribution is -0.119. The van der Waals surface area contributed by atoms with E-state index in [1.54, 1.807) is 18.2 Å². The predicted molar refractivity (Wildman–Crippen MR) is 151 cm³/mol. The number of nitrogens with zero attached hydrogens (tertiary/aromatic N) is 3. The number of fused-ring (bicyclic) bond motifs is 2. The molecule has 2 aromatic heterocycles. The van der Waals surface area contributed by atoms with Crippen LogP contribution >= 0.6 is 0 Å². The SMILES string of the molecule is CCCN1CCc2nc3ccccc3c(C(=O)OCC(=O)Nc3ccc(S(=O)(=O)Nc4ccccn4)cc3)c2C1. The Bertz CT molecular complexity index is 1640. The second-order valence-corrected chi connectivity index (χ2v) is 11.1. The van der Waals surface area contributed by atoms with Crippen LogP contribution < -0.4 is 10.0 Å². The summed E-state index contributed by atoms with van der Waals surface area (Å²) in [5.74, 6) is -0.927. The van der Waals surface area contributed by atoms with E-state index in [4.69, 9.17) is 9.72 Å². The molecular weight excluding hydrogens is 530 g/mol. The summed E-state index contributed by atoms with van der Waals surface area (Å²) < 4.78 is 33.1. The van der Waals surface area contributed by atoms with E-state index in [9.17, 15) is 18.0 Å². The third kappa shape index (κ3) is 6.11. The molecule has 3 heterocycles. The summed E-state index contributed by atoms with van der Waals surface area (Å²) in [6.45, 7) is 4.02. The highest BCUT2D eigenvalue weighted by Crippen LogP contribution is 2.29. The lowest BCUT2D eigenvalue weighted by Gasteiger charge is -2.29. The summed E-state index contributed by atoms with van der Waals surface area (Å²) in [6, 6.07) is 18.0. The summed E-state index contributed by atoms with van der Waals surface area (Å²) in [4.78, 5) is 37.0. The van der Waals surface area contributed by atoms with Crippen LogP contribution in [0, 0.1) is 0 Å². The van der Waals surface area contributed by atoms with Crippen LogP contribution in [0.15, 0.2) is 77.8 Å². The van der Waals surface area contributed by atoms with Crippen molar-refractivity contribution in [1.29, 1.82) is 0 Å². The van der Waals surface area contributed by atoms with Gasteiger partial charge in [0, 0.05) is 48.0 Å². The molecule has 1 amide bonds. The maximum Gasteiger partial charge on any atom is 0.339 e. The molecule has 1 aliphatic heterocycles. The van der Waals surface area contributed by atoms with Crippen molar-refractivity contribution in [3.63, 3.8) is 0 Å². The van der Waals surface area contributed by atoms with Gasteiger partial charge in [0.1, 0.15) is 5.82 Å². The largest absolute Gasteiger partial charge is 0.452 e. The van der Waals surface area contributed by atoms with Crippen molar-refractivity contribution in [3.8, 4) is 0 Å². The Morgan fingerprint density at radius 3 is 2.55 bits per heavy atom. The third-order valence-corrected chi connectivity index (χ3v) is 7.93. The van der Waals surface area contributed by atoms with Crippen LogP contribution in [-0.4, -0.2) is 54.9 Å². The number of sulfonamides is 1. The fourth-order valence-electron chi connectivity index (χ4n) is 4.72. The van der Waals surface area contributed by atoms with Gasteiger partial charge in [0.15, 0.2) is 6.61 Å². The molecule has 2 aromatic carbocycles. The molecular formula is C29H29N5O5S. The van der Waals surface area contributed by atoms with Crippen LogP contribution in [0.3, 0.4) is 0 Å². The van der Waals surface area contributed by atoms with Crippen molar-refractivity contribution in [1.82, 2.24) is 14.9 Å². The van der Waals surface area contributed by atoms with Crippen molar-refractivity contribution in [2.24, 2.45) is 0 Å². The zero-order chi connectivity index (χ0) is 28.1. The summed E-state index contributed by atoms with van der Waals surface area (Å²) in [5, 5.41) is 3.33. The number of para-hydroxylation sites is 1. The van der Waals surface area contributed by atoms with Gasteiger partial charge in [-0.25, -0.2) is 18.2 Å². The Morgan fingerprint density at radius 1 is 1.02 bits per heavy atom.